The Morgan fingerprint density at radius 1 is 1.80 bits per heavy atom. The first-order valence-corrected chi connectivity index (χ1v) is 2.96. The number of carbonyl (C=O) groups excluding carboxylic acids is 1. The van der Waals surface area contributed by atoms with Crippen LogP contribution in [0.25, 0.3) is 0 Å². The smallest absolute Gasteiger partial charge is 0.336 e. The van der Waals surface area contributed by atoms with Gasteiger partial charge in [0.25, 0.3) is 0 Å². The Morgan fingerprint density at radius 3 is 3.20 bits per heavy atom. The molecule has 1 atom stereocenters. The minimum atomic E-state index is -0.477. The molecule has 0 amide bonds. The molecule has 0 aromatic heterocycles. The second-order valence-electron chi connectivity index (χ2n) is 1.83. The van der Waals surface area contributed by atoms with E-state index in [1.807, 2.05) is 0 Å². The Balaban J connectivity index is 2.43. The topological polar surface area (TPSA) is 35.5 Å². The van der Waals surface area contributed by atoms with Crippen molar-refractivity contribution in [2.75, 3.05) is 0 Å². The van der Waals surface area contributed by atoms with Gasteiger partial charge in [0.15, 0.2) is 0 Å². The first kappa shape index (κ1) is 6.86. The molecule has 3 nitrogen and oxygen atoms in total. The van der Waals surface area contributed by atoms with Crippen LogP contribution >= 0.6 is 0 Å². The van der Waals surface area contributed by atoms with E-state index in [9.17, 15) is 4.79 Å². The third kappa shape index (κ3) is 1.62. The molecule has 54 valence electrons. The highest BCUT2D eigenvalue weighted by molar-refractivity contribution is 5.82. The van der Waals surface area contributed by atoms with E-state index in [0.29, 0.717) is 6.42 Å². The summed E-state index contributed by atoms with van der Waals surface area (Å²) in [7, 11) is 0. The summed E-state index contributed by atoms with van der Waals surface area (Å²) in [6.45, 7) is 3.48. The van der Waals surface area contributed by atoms with Gasteiger partial charge < -0.3 is 9.47 Å². The fourth-order valence-corrected chi connectivity index (χ4v) is 0.619. The number of hydrogen-bond acceptors (Lipinski definition) is 3. The van der Waals surface area contributed by atoms with E-state index in [4.69, 9.17) is 9.47 Å². The van der Waals surface area contributed by atoms with Crippen molar-refractivity contribution in [2.24, 2.45) is 0 Å². The van der Waals surface area contributed by atoms with Gasteiger partial charge in [-0.05, 0) is 0 Å². The Labute approximate surface area is 58.9 Å². The zero-order valence-corrected chi connectivity index (χ0v) is 5.45. The van der Waals surface area contributed by atoms with Crippen molar-refractivity contribution in [1.82, 2.24) is 0 Å². The summed E-state index contributed by atoms with van der Waals surface area (Å²) >= 11 is 0. The maximum atomic E-state index is 10.5. The molecular formula is C7H8O3. The van der Waals surface area contributed by atoms with Crippen LogP contribution in [0.2, 0.25) is 0 Å². The van der Waals surface area contributed by atoms with Crippen LogP contribution in [0.15, 0.2) is 25.0 Å². The molecule has 0 saturated carbocycles. The molecule has 0 radical (unpaired) electrons. The van der Waals surface area contributed by atoms with Crippen LogP contribution in [0, 0.1) is 0 Å². The van der Waals surface area contributed by atoms with Gasteiger partial charge in [0.1, 0.15) is 0 Å². The van der Waals surface area contributed by atoms with Crippen molar-refractivity contribution in [3.63, 3.8) is 0 Å². The van der Waals surface area contributed by atoms with Crippen molar-refractivity contribution >= 4 is 5.97 Å². The van der Waals surface area contributed by atoms with E-state index < -0.39 is 6.29 Å². The van der Waals surface area contributed by atoms with Gasteiger partial charge >= 0.3 is 5.97 Å². The van der Waals surface area contributed by atoms with Crippen LogP contribution < -0.4 is 0 Å². The van der Waals surface area contributed by atoms with Gasteiger partial charge in [0.2, 0.25) is 6.29 Å². The van der Waals surface area contributed by atoms with E-state index in [2.05, 4.69) is 6.58 Å². The monoisotopic (exact) mass is 140 g/mol. The highest BCUT2D eigenvalue weighted by Crippen LogP contribution is 2.07. The minimum Gasteiger partial charge on any atom is -0.462 e. The summed E-state index contributed by atoms with van der Waals surface area (Å²) in [6.07, 6.45) is 4.25. The van der Waals surface area contributed by atoms with E-state index in [1.54, 1.807) is 6.08 Å². The van der Waals surface area contributed by atoms with Crippen LogP contribution in [0.3, 0.4) is 0 Å². The maximum absolute atomic E-state index is 10.5. The zero-order valence-electron chi connectivity index (χ0n) is 5.45. The van der Waals surface area contributed by atoms with E-state index in [0.717, 1.165) is 0 Å². The molecular weight excluding hydrogens is 132 g/mol. The molecule has 1 heterocycles. The van der Waals surface area contributed by atoms with E-state index >= 15 is 0 Å². The summed E-state index contributed by atoms with van der Waals surface area (Å²) in [5.74, 6) is -0.363. The van der Waals surface area contributed by atoms with Crippen molar-refractivity contribution in [3.05, 3.63) is 25.0 Å². The standard InChI is InChI=1S/C7H8O3/c1-2-3-7-9-5-4-6(8)10-7/h2,4-5,7H,1,3H2. The third-order valence-electron chi connectivity index (χ3n) is 1.04. The van der Waals surface area contributed by atoms with Crippen molar-refractivity contribution in [2.45, 2.75) is 12.7 Å². The first-order valence-electron chi connectivity index (χ1n) is 2.96. The van der Waals surface area contributed by atoms with Gasteiger partial charge in [-0.2, -0.15) is 0 Å². The summed E-state index contributed by atoms with van der Waals surface area (Å²) in [6, 6.07) is 0. The van der Waals surface area contributed by atoms with E-state index in [-0.39, 0.29) is 5.97 Å². The van der Waals surface area contributed by atoms with Crippen LogP contribution in [0.4, 0.5) is 0 Å². The molecule has 0 fully saturated rings. The van der Waals surface area contributed by atoms with Crippen LogP contribution in [0.5, 0.6) is 0 Å². The fourth-order valence-electron chi connectivity index (χ4n) is 0.619. The highest BCUT2D eigenvalue weighted by atomic mass is 16.7. The van der Waals surface area contributed by atoms with Gasteiger partial charge in [0, 0.05) is 6.42 Å². The maximum Gasteiger partial charge on any atom is 0.336 e. The predicted molar refractivity (Wildman–Crippen MR) is 34.9 cm³/mol. The number of rotatable bonds is 2. The summed E-state index contributed by atoms with van der Waals surface area (Å²) < 4.78 is 9.60. The molecule has 3 heteroatoms. The lowest BCUT2D eigenvalue weighted by Gasteiger charge is -2.17. The van der Waals surface area contributed by atoms with Gasteiger partial charge in [0.05, 0.1) is 12.3 Å². The largest absolute Gasteiger partial charge is 0.462 e. The molecule has 1 rings (SSSR count). The molecule has 0 aliphatic carbocycles. The molecule has 0 aromatic rings. The zero-order chi connectivity index (χ0) is 7.40. The number of cyclic esters (lactones) is 1. The predicted octanol–water partition coefficient (Wildman–Crippen LogP) is 0.976. The quantitative estimate of drug-likeness (QED) is 0.423. The molecule has 0 spiro atoms. The lowest BCUT2D eigenvalue weighted by atomic mass is 10.4. The van der Waals surface area contributed by atoms with Crippen LogP contribution in [-0.4, -0.2) is 12.3 Å². The van der Waals surface area contributed by atoms with Crippen molar-refractivity contribution in [1.29, 1.82) is 0 Å². The van der Waals surface area contributed by atoms with Crippen molar-refractivity contribution < 1.29 is 14.3 Å². The summed E-state index contributed by atoms with van der Waals surface area (Å²) in [5, 5.41) is 0. The molecule has 0 N–H and O–H groups in total. The Morgan fingerprint density at radius 2 is 2.60 bits per heavy atom. The van der Waals surface area contributed by atoms with Crippen LogP contribution in [-0.2, 0) is 14.3 Å². The van der Waals surface area contributed by atoms with Gasteiger partial charge in [-0.1, -0.05) is 6.08 Å². The normalized spacial score (nSPS) is 23.2. The highest BCUT2D eigenvalue weighted by Gasteiger charge is 2.14. The number of esters is 1. The average Bonchev–Trinajstić information content (AvgIpc) is 1.88. The second-order valence-corrected chi connectivity index (χ2v) is 1.83. The van der Waals surface area contributed by atoms with Gasteiger partial charge in [-0.25, -0.2) is 4.79 Å². The lowest BCUT2D eigenvalue weighted by molar-refractivity contribution is -0.167. The average molecular weight is 140 g/mol. The third-order valence-corrected chi connectivity index (χ3v) is 1.04. The Bertz CT molecular complexity index is 172. The Kier molecular flexibility index (Phi) is 2.10. The molecule has 0 saturated heterocycles. The lowest BCUT2D eigenvalue weighted by Crippen LogP contribution is -2.21. The first-order chi connectivity index (χ1) is 4.83. The minimum absolute atomic E-state index is 0.363. The van der Waals surface area contributed by atoms with Gasteiger partial charge in [-0.15, -0.1) is 6.58 Å². The summed E-state index contributed by atoms with van der Waals surface area (Å²) in [4.78, 5) is 10.5. The SMILES string of the molecule is C=CCC1OC=CC(=O)O1. The molecule has 1 aliphatic rings. The molecule has 10 heavy (non-hydrogen) atoms. The molecule has 0 aromatic carbocycles. The second kappa shape index (κ2) is 3.06. The van der Waals surface area contributed by atoms with Crippen LogP contribution in [0.1, 0.15) is 6.42 Å². The fraction of sp³-hybridized carbons (Fsp3) is 0.286. The molecule has 1 aliphatic heterocycles. The number of ether oxygens (including phenoxy) is 2. The van der Waals surface area contributed by atoms with Gasteiger partial charge in [-0.3, -0.25) is 0 Å². The summed E-state index contributed by atoms with van der Waals surface area (Å²) in [5.41, 5.74) is 0. The molecule has 1 unspecified atom stereocenters. The van der Waals surface area contributed by atoms with Crippen molar-refractivity contribution in [3.8, 4) is 0 Å². The molecule has 0 bridgehead atoms. The van der Waals surface area contributed by atoms with E-state index in [1.165, 1.54) is 12.3 Å². The number of carbonyl (C=O) groups is 1. The number of hydrogen-bond donors (Lipinski definition) is 0. The Hall–Kier alpha value is -1.25.